The predicted octanol–water partition coefficient (Wildman–Crippen LogP) is -0.0978. The van der Waals surface area contributed by atoms with Crippen LogP contribution in [0.5, 0.6) is 0 Å². The molecule has 0 saturated heterocycles. The van der Waals surface area contributed by atoms with E-state index >= 15 is 0 Å². The van der Waals surface area contributed by atoms with E-state index in [9.17, 15) is 26.1 Å². The molecule has 0 amide bonds. The molecule has 9 heteroatoms. The quantitative estimate of drug-likeness (QED) is 0.381. The molecule has 0 atom stereocenters. The van der Waals surface area contributed by atoms with Gasteiger partial charge in [0.25, 0.3) is 0 Å². The van der Waals surface area contributed by atoms with Crippen LogP contribution in [0.4, 0.5) is 26.1 Å². The van der Waals surface area contributed by atoms with Gasteiger partial charge in [0.1, 0.15) is 0 Å². The summed E-state index contributed by atoms with van der Waals surface area (Å²) >= 11 is 0. The molecule has 0 fully saturated rings. The van der Waals surface area contributed by atoms with E-state index in [0.29, 0.717) is 0 Å². The van der Waals surface area contributed by atoms with Gasteiger partial charge in [0.05, 0.1) is 13.0 Å². The fourth-order valence-electron chi connectivity index (χ4n) is 0.486. The number of halogens is 6. The first-order valence-electron chi connectivity index (χ1n) is 3.65. The number of ether oxygens (including phenoxy) is 1. The van der Waals surface area contributed by atoms with E-state index in [1.54, 1.807) is 0 Å². The van der Waals surface area contributed by atoms with Gasteiger partial charge in [-0.15, -0.1) is 12.1 Å². The van der Waals surface area contributed by atoms with Crippen molar-refractivity contribution < 1.29 is 82.2 Å². The van der Waals surface area contributed by atoms with E-state index in [4.69, 9.17) is 0 Å². The SMILES string of the molecule is C=C(COCCC(F)(F)F)[B-](F)(F)F.[K+]. The first-order valence-corrected chi connectivity index (χ1v) is 3.65. The van der Waals surface area contributed by atoms with Crippen LogP contribution in [0.3, 0.4) is 0 Å². The number of alkyl halides is 3. The Morgan fingerprint density at radius 3 is 2.00 bits per heavy atom. The third kappa shape index (κ3) is 11.2. The van der Waals surface area contributed by atoms with Crippen molar-refractivity contribution >= 4 is 6.98 Å². The Morgan fingerprint density at radius 1 is 1.20 bits per heavy atom. The Hall–Kier alpha value is 0.981. The minimum Gasteiger partial charge on any atom is -0.445 e. The molecule has 1 nitrogen and oxygen atoms in total. The molecule has 0 rings (SSSR count). The van der Waals surface area contributed by atoms with Crippen molar-refractivity contribution in [3.63, 3.8) is 0 Å². The summed E-state index contributed by atoms with van der Waals surface area (Å²) in [5, 5.41) is 0. The maximum absolute atomic E-state index is 11.8. The molecule has 0 aromatic carbocycles. The molecule has 0 saturated carbocycles. The molecule has 0 radical (unpaired) electrons. The molecular weight excluding hydrogens is 252 g/mol. The zero-order valence-corrected chi connectivity index (χ0v) is 11.2. The van der Waals surface area contributed by atoms with Crippen LogP contribution >= 0.6 is 0 Å². The molecule has 15 heavy (non-hydrogen) atoms. The summed E-state index contributed by atoms with van der Waals surface area (Å²) in [6.07, 6.45) is -5.67. The summed E-state index contributed by atoms with van der Waals surface area (Å²) in [6.45, 7) is -4.25. The molecule has 0 aliphatic heterocycles. The topological polar surface area (TPSA) is 9.23 Å². The van der Waals surface area contributed by atoms with Crippen LogP contribution < -0.4 is 51.4 Å². The van der Waals surface area contributed by atoms with Gasteiger partial charge >= 0.3 is 64.5 Å². The Bertz CT molecular complexity index is 201. The molecule has 0 spiro atoms. The second kappa shape index (κ2) is 7.33. The molecule has 0 unspecified atom stereocenters. The second-order valence-electron chi connectivity index (χ2n) is 2.65. The van der Waals surface area contributed by atoms with E-state index in [2.05, 4.69) is 11.3 Å². The van der Waals surface area contributed by atoms with Gasteiger partial charge in [0.15, 0.2) is 0 Å². The monoisotopic (exact) mass is 260 g/mol. The van der Waals surface area contributed by atoms with Crippen molar-refractivity contribution in [1.82, 2.24) is 0 Å². The Kier molecular flexibility index (Phi) is 8.97. The van der Waals surface area contributed by atoms with Crippen LogP contribution in [0, 0.1) is 0 Å². The van der Waals surface area contributed by atoms with Crippen LogP contribution in [0.15, 0.2) is 12.1 Å². The summed E-state index contributed by atoms with van der Waals surface area (Å²) in [6, 6.07) is 0. The normalized spacial score (nSPS) is 12.1. The van der Waals surface area contributed by atoms with Gasteiger partial charge in [0, 0.05) is 6.61 Å². The molecule has 0 aromatic rings. The van der Waals surface area contributed by atoms with Crippen LogP contribution in [0.25, 0.3) is 0 Å². The number of hydrogen-bond donors (Lipinski definition) is 0. The maximum Gasteiger partial charge on any atom is 1.00 e. The summed E-state index contributed by atoms with van der Waals surface area (Å²) in [4.78, 5) is 0. The zero-order chi connectivity index (χ0) is 11.4. The van der Waals surface area contributed by atoms with Crippen molar-refractivity contribution in [2.24, 2.45) is 0 Å². The van der Waals surface area contributed by atoms with Gasteiger partial charge in [-0.3, -0.25) is 0 Å². The van der Waals surface area contributed by atoms with Crippen LogP contribution in [-0.2, 0) is 4.74 Å². The van der Waals surface area contributed by atoms with Crippen molar-refractivity contribution in [3.8, 4) is 0 Å². The Labute approximate surface area is 126 Å². The van der Waals surface area contributed by atoms with E-state index in [1.807, 2.05) is 0 Å². The van der Waals surface area contributed by atoms with Crippen LogP contribution in [0.2, 0.25) is 0 Å². The van der Waals surface area contributed by atoms with Gasteiger partial charge in [-0.05, 0) is 0 Å². The maximum atomic E-state index is 11.8. The fourth-order valence-corrected chi connectivity index (χ4v) is 0.486. The molecule has 0 bridgehead atoms. The van der Waals surface area contributed by atoms with E-state index in [1.165, 1.54) is 0 Å². The predicted molar refractivity (Wildman–Crippen MR) is 39.7 cm³/mol. The molecule has 0 aromatic heterocycles. The summed E-state index contributed by atoms with van der Waals surface area (Å²) < 4.78 is 74.0. The fraction of sp³-hybridized carbons (Fsp3) is 0.667. The summed E-state index contributed by atoms with van der Waals surface area (Å²) in [5.41, 5.74) is -1.13. The van der Waals surface area contributed by atoms with Crippen LogP contribution in [0.1, 0.15) is 6.42 Å². The molecular formula is C6H8BF6KO. The molecule has 0 heterocycles. The smallest absolute Gasteiger partial charge is 0.445 e. The third-order valence-electron chi connectivity index (χ3n) is 1.28. The molecule has 84 valence electrons. The standard InChI is InChI=1S/C6H8BF6O.K/c1-5(7(11,12)13)4-14-3-2-6(8,9)10;/h1-4H2;/q-1;+1. The number of rotatable bonds is 5. The minimum atomic E-state index is -5.22. The second-order valence-corrected chi connectivity index (χ2v) is 2.65. The van der Waals surface area contributed by atoms with Crippen molar-refractivity contribution in [2.45, 2.75) is 12.6 Å². The third-order valence-corrected chi connectivity index (χ3v) is 1.28. The van der Waals surface area contributed by atoms with E-state index in [-0.39, 0.29) is 51.4 Å². The minimum absolute atomic E-state index is 0. The first-order chi connectivity index (χ1) is 6.13. The zero-order valence-electron chi connectivity index (χ0n) is 8.08. The van der Waals surface area contributed by atoms with E-state index < -0.39 is 38.3 Å². The van der Waals surface area contributed by atoms with Crippen LogP contribution in [-0.4, -0.2) is 26.4 Å². The van der Waals surface area contributed by atoms with E-state index in [0.717, 1.165) is 0 Å². The van der Waals surface area contributed by atoms with Crippen molar-refractivity contribution in [1.29, 1.82) is 0 Å². The first kappa shape index (κ1) is 18.3. The summed E-state index contributed by atoms with van der Waals surface area (Å²) in [5.74, 6) is 0. The van der Waals surface area contributed by atoms with Gasteiger partial charge in [-0.25, -0.2) is 0 Å². The molecule has 0 N–H and O–H groups in total. The van der Waals surface area contributed by atoms with Gasteiger partial charge in [-0.2, -0.15) is 13.2 Å². The van der Waals surface area contributed by atoms with Crippen molar-refractivity contribution in [2.75, 3.05) is 13.2 Å². The molecule has 0 aliphatic rings. The van der Waals surface area contributed by atoms with Crippen molar-refractivity contribution in [3.05, 3.63) is 12.1 Å². The largest absolute Gasteiger partial charge is 1.00 e. The average Bonchev–Trinajstić information content (AvgIpc) is 1.93. The number of hydrogen-bond acceptors (Lipinski definition) is 1. The summed E-state index contributed by atoms with van der Waals surface area (Å²) in [7, 11) is 0. The van der Waals surface area contributed by atoms with Gasteiger partial charge < -0.3 is 17.7 Å². The van der Waals surface area contributed by atoms with Gasteiger partial charge in [0.2, 0.25) is 0 Å². The molecule has 0 aliphatic carbocycles. The van der Waals surface area contributed by atoms with Gasteiger partial charge in [-0.1, -0.05) is 0 Å². The average molecular weight is 260 g/mol. The Morgan fingerprint density at radius 2 is 1.67 bits per heavy atom. The Balaban J connectivity index is 0.